The van der Waals surface area contributed by atoms with Crippen LogP contribution in [-0.4, -0.2) is 44.7 Å². The van der Waals surface area contributed by atoms with E-state index in [0.29, 0.717) is 53.6 Å². The molecule has 0 saturated carbocycles. The summed E-state index contributed by atoms with van der Waals surface area (Å²) in [6.07, 6.45) is 4.12. The molecule has 0 aliphatic carbocycles. The lowest BCUT2D eigenvalue weighted by Gasteiger charge is -2.26. The van der Waals surface area contributed by atoms with Crippen molar-refractivity contribution in [3.63, 3.8) is 0 Å². The molecular formula is C27H31N7O2. The second kappa shape index (κ2) is 9.91. The Morgan fingerprint density at radius 2 is 2.08 bits per heavy atom. The lowest BCUT2D eigenvalue weighted by Crippen LogP contribution is -2.33. The van der Waals surface area contributed by atoms with Crippen molar-refractivity contribution in [1.29, 1.82) is 10.7 Å². The van der Waals surface area contributed by atoms with Crippen LogP contribution in [0, 0.1) is 36.5 Å². The van der Waals surface area contributed by atoms with Gasteiger partial charge in [0.05, 0.1) is 28.8 Å². The second-order valence-corrected chi connectivity index (χ2v) is 9.80. The molecule has 0 bridgehead atoms. The molecule has 1 aliphatic rings. The van der Waals surface area contributed by atoms with Crippen LogP contribution in [0.2, 0.25) is 0 Å². The quantitative estimate of drug-likeness (QED) is 0.340. The number of aromatic nitrogens is 3. The zero-order chi connectivity index (χ0) is 26.0. The molecule has 0 amide bonds. The van der Waals surface area contributed by atoms with Crippen molar-refractivity contribution >= 4 is 17.2 Å². The molecule has 0 spiro atoms. The Hall–Kier alpha value is -4.03. The summed E-state index contributed by atoms with van der Waals surface area (Å²) in [6, 6.07) is 9.09. The van der Waals surface area contributed by atoms with Crippen LogP contribution < -0.4 is 15.4 Å². The van der Waals surface area contributed by atoms with E-state index in [-0.39, 0.29) is 11.6 Å². The Morgan fingerprint density at radius 1 is 1.31 bits per heavy atom. The number of nitrogens with two attached hydrogens (primary N) is 1. The first-order valence-electron chi connectivity index (χ1n) is 11.8. The van der Waals surface area contributed by atoms with Crippen molar-refractivity contribution in [3.8, 4) is 11.8 Å². The van der Waals surface area contributed by atoms with E-state index in [1.807, 2.05) is 32.6 Å². The SMILES string of the molecule is Cc1cnnc(C)c1COc1ccc(N)c(C(=N)c2cnc(N3CCC(C(C)(C)O)C3)c(C#N)c2)c1. The number of nitrogens with one attached hydrogen (secondary N) is 1. The maximum absolute atomic E-state index is 10.4. The Morgan fingerprint density at radius 3 is 2.75 bits per heavy atom. The van der Waals surface area contributed by atoms with Gasteiger partial charge in [0.25, 0.3) is 0 Å². The largest absolute Gasteiger partial charge is 0.489 e. The highest BCUT2D eigenvalue weighted by Crippen LogP contribution is 2.32. The molecule has 9 heteroatoms. The van der Waals surface area contributed by atoms with Gasteiger partial charge < -0.3 is 20.5 Å². The molecule has 1 aromatic carbocycles. The third-order valence-electron chi connectivity index (χ3n) is 6.81. The van der Waals surface area contributed by atoms with Gasteiger partial charge in [-0.05, 0) is 63.9 Å². The lowest BCUT2D eigenvalue weighted by atomic mass is 9.90. The Kier molecular flexibility index (Phi) is 6.91. The molecule has 9 nitrogen and oxygen atoms in total. The molecule has 3 aromatic rings. The van der Waals surface area contributed by atoms with E-state index < -0.39 is 5.60 Å². The molecule has 36 heavy (non-hydrogen) atoms. The maximum atomic E-state index is 10.4. The number of ether oxygens (including phenoxy) is 1. The van der Waals surface area contributed by atoms with Crippen LogP contribution >= 0.6 is 0 Å². The highest BCUT2D eigenvalue weighted by Gasteiger charge is 2.34. The molecule has 3 heterocycles. The van der Waals surface area contributed by atoms with E-state index in [1.54, 1.807) is 36.7 Å². The Bertz CT molecular complexity index is 1320. The summed E-state index contributed by atoms with van der Waals surface area (Å²) in [7, 11) is 0. The molecule has 1 fully saturated rings. The van der Waals surface area contributed by atoms with Crippen molar-refractivity contribution in [2.24, 2.45) is 5.92 Å². The molecule has 186 valence electrons. The second-order valence-electron chi connectivity index (χ2n) is 9.80. The van der Waals surface area contributed by atoms with Crippen LogP contribution in [-0.2, 0) is 6.61 Å². The number of pyridine rings is 1. The van der Waals surface area contributed by atoms with E-state index in [9.17, 15) is 10.4 Å². The van der Waals surface area contributed by atoms with Crippen molar-refractivity contribution < 1.29 is 9.84 Å². The van der Waals surface area contributed by atoms with Gasteiger partial charge in [-0.3, -0.25) is 5.41 Å². The molecule has 1 saturated heterocycles. The van der Waals surface area contributed by atoms with Crippen molar-refractivity contribution in [2.75, 3.05) is 23.7 Å². The Balaban J connectivity index is 1.55. The third kappa shape index (κ3) is 5.14. The standard InChI is InChI=1S/C27H31N7O2/c1-16-12-32-33-17(2)23(16)15-36-21-5-6-24(29)22(10-21)25(30)19-9-18(11-28)26(31-13-19)34-8-7-20(14-34)27(3,4)35/h5-6,9-10,12-13,20,30,35H,7-8,14-15,29H2,1-4H3. The summed E-state index contributed by atoms with van der Waals surface area (Å²) < 4.78 is 5.99. The summed E-state index contributed by atoms with van der Waals surface area (Å²) >= 11 is 0. The lowest BCUT2D eigenvalue weighted by molar-refractivity contribution is 0.0263. The minimum Gasteiger partial charge on any atom is -0.489 e. The minimum atomic E-state index is -0.792. The normalized spacial score (nSPS) is 15.6. The molecule has 1 aliphatic heterocycles. The summed E-state index contributed by atoms with van der Waals surface area (Å²) in [4.78, 5) is 6.56. The first-order valence-corrected chi connectivity index (χ1v) is 11.8. The first kappa shape index (κ1) is 25.1. The summed E-state index contributed by atoms with van der Waals surface area (Å²) in [5, 5.41) is 37.0. The number of benzene rings is 1. The summed E-state index contributed by atoms with van der Waals surface area (Å²) in [5.41, 5.74) is 10.1. The van der Waals surface area contributed by atoms with Gasteiger partial charge in [-0.15, -0.1) is 0 Å². The topological polar surface area (TPSA) is 145 Å². The van der Waals surface area contributed by atoms with Gasteiger partial charge >= 0.3 is 0 Å². The molecule has 4 N–H and O–H groups in total. The van der Waals surface area contributed by atoms with Gasteiger partial charge in [-0.25, -0.2) is 4.98 Å². The van der Waals surface area contributed by atoms with E-state index >= 15 is 0 Å². The van der Waals surface area contributed by atoms with Crippen LogP contribution in [0.3, 0.4) is 0 Å². The van der Waals surface area contributed by atoms with Crippen LogP contribution in [0.15, 0.2) is 36.7 Å². The van der Waals surface area contributed by atoms with Crippen molar-refractivity contribution in [2.45, 2.75) is 46.3 Å². The van der Waals surface area contributed by atoms with Crippen LogP contribution in [0.25, 0.3) is 0 Å². The van der Waals surface area contributed by atoms with Crippen molar-refractivity contribution in [1.82, 2.24) is 15.2 Å². The number of rotatable bonds is 7. The van der Waals surface area contributed by atoms with E-state index in [2.05, 4.69) is 21.3 Å². The van der Waals surface area contributed by atoms with Crippen LogP contribution in [0.5, 0.6) is 5.75 Å². The van der Waals surface area contributed by atoms with Gasteiger partial charge in [0, 0.05) is 47.6 Å². The number of nitrogen functional groups attached to an aromatic ring is 1. The Labute approximate surface area is 211 Å². The first-order chi connectivity index (χ1) is 17.1. The molecule has 4 rings (SSSR count). The van der Waals surface area contributed by atoms with Gasteiger partial charge in [0.2, 0.25) is 0 Å². The fourth-order valence-corrected chi connectivity index (χ4v) is 4.45. The van der Waals surface area contributed by atoms with Crippen LogP contribution in [0.1, 0.15) is 53.8 Å². The fourth-order valence-electron chi connectivity index (χ4n) is 4.45. The van der Waals surface area contributed by atoms with Gasteiger partial charge in [0.15, 0.2) is 0 Å². The average molecular weight is 486 g/mol. The van der Waals surface area contributed by atoms with E-state index in [0.717, 1.165) is 23.2 Å². The molecule has 1 unspecified atom stereocenters. The number of hydrogen-bond acceptors (Lipinski definition) is 9. The number of nitriles is 1. The molecule has 0 radical (unpaired) electrons. The molecular weight excluding hydrogens is 454 g/mol. The monoisotopic (exact) mass is 485 g/mol. The number of hydrogen-bond donors (Lipinski definition) is 3. The summed E-state index contributed by atoms with van der Waals surface area (Å²) in [5.74, 6) is 1.24. The van der Waals surface area contributed by atoms with Crippen molar-refractivity contribution in [3.05, 3.63) is 70.2 Å². The number of aryl methyl sites for hydroxylation is 2. The van der Waals surface area contributed by atoms with Gasteiger partial charge in [-0.1, -0.05) is 0 Å². The smallest absolute Gasteiger partial charge is 0.146 e. The third-order valence-corrected chi connectivity index (χ3v) is 6.81. The maximum Gasteiger partial charge on any atom is 0.146 e. The number of aliphatic hydroxyl groups is 1. The predicted octanol–water partition coefficient (Wildman–Crippen LogP) is 3.53. The van der Waals surface area contributed by atoms with Gasteiger partial charge in [0.1, 0.15) is 24.2 Å². The predicted molar refractivity (Wildman–Crippen MR) is 138 cm³/mol. The number of anilines is 2. The summed E-state index contributed by atoms with van der Waals surface area (Å²) in [6.45, 7) is 9.12. The van der Waals surface area contributed by atoms with E-state index in [1.165, 1.54) is 0 Å². The highest BCUT2D eigenvalue weighted by molar-refractivity contribution is 6.14. The average Bonchev–Trinajstić information content (AvgIpc) is 3.35. The van der Waals surface area contributed by atoms with E-state index in [4.69, 9.17) is 15.9 Å². The minimum absolute atomic E-state index is 0.0989. The van der Waals surface area contributed by atoms with Gasteiger partial charge in [-0.2, -0.15) is 15.5 Å². The highest BCUT2D eigenvalue weighted by atomic mass is 16.5. The zero-order valence-electron chi connectivity index (χ0n) is 21.0. The fraction of sp³-hybridized carbons (Fsp3) is 0.370. The zero-order valence-corrected chi connectivity index (χ0v) is 21.0. The number of nitrogens with zero attached hydrogens (tertiary/aromatic N) is 5. The molecule has 1 atom stereocenters. The van der Waals surface area contributed by atoms with Crippen LogP contribution in [0.4, 0.5) is 11.5 Å². The molecule has 2 aromatic heterocycles.